The Morgan fingerprint density at radius 1 is 1.00 bits per heavy atom. The summed E-state index contributed by atoms with van der Waals surface area (Å²) in [6.07, 6.45) is 0. The van der Waals surface area contributed by atoms with Gasteiger partial charge in [0.15, 0.2) is 0 Å². The van der Waals surface area contributed by atoms with Gasteiger partial charge in [0.05, 0.1) is 10.7 Å². The van der Waals surface area contributed by atoms with Crippen molar-refractivity contribution in [1.82, 2.24) is 0 Å². The van der Waals surface area contributed by atoms with E-state index in [1.165, 1.54) is 0 Å². The maximum Gasteiger partial charge on any atom is 0.0653 e. The van der Waals surface area contributed by atoms with E-state index in [1.54, 1.807) is 0 Å². The zero-order valence-electron chi connectivity index (χ0n) is 7.87. The Labute approximate surface area is 102 Å². The van der Waals surface area contributed by atoms with Crippen molar-refractivity contribution in [3.8, 4) is 11.1 Å². The Balaban J connectivity index is 2.56. The van der Waals surface area contributed by atoms with Crippen molar-refractivity contribution in [3.63, 3.8) is 0 Å². The van der Waals surface area contributed by atoms with Crippen LogP contribution in [-0.4, -0.2) is 0 Å². The van der Waals surface area contributed by atoms with Gasteiger partial charge < -0.3 is 5.73 Å². The molecule has 0 bridgehead atoms. The molecule has 0 saturated carbocycles. The minimum absolute atomic E-state index is 0.572. The molecule has 1 nitrogen and oxygen atoms in total. The summed E-state index contributed by atoms with van der Waals surface area (Å²) in [4.78, 5) is 0. The highest BCUT2D eigenvalue weighted by atomic mass is 79.9. The first kappa shape index (κ1) is 10.5. The molecule has 0 amide bonds. The summed E-state index contributed by atoms with van der Waals surface area (Å²) in [5.74, 6) is 0. The molecule has 2 N–H and O–H groups in total. The Kier molecular flexibility index (Phi) is 2.98. The second kappa shape index (κ2) is 4.25. The normalized spacial score (nSPS) is 10.3. The van der Waals surface area contributed by atoms with Crippen LogP contribution in [0.1, 0.15) is 0 Å². The molecule has 2 aromatic rings. The Hall–Kier alpha value is -0.990. The lowest BCUT2D eigenvalue weighted by Gasteiger charge is -2.06. The van der Waals surface area contributed by atoms with Crippen LogP contribution in [0.3, 0.4) is 0 Å². The summed E-state index contributed by atoms with van der Waals surface area (Å²) in [7, 11) is 0. The van der Waals surface area contributed by atoms with E-state index >= 15 is 0 Å². The molecule has 0 aromatic heterocycles. The van der Waals surface area contributed by atoms with Crippen LogP contribution >= 0.6 is 27.5 Å². The van der Waals surface area contributed by atoms with Gasteiger partial charge in [0.2, 0.25) is 0 Å². The topological polar surface area (TPSA) is 26.0 Å². The molecule has 2 rings (SSSR count). The monoisotopic (exact) mass is 281 g/mol. The number of anilines is 1. The van der Waals surface area contributed by atoms with E-state index in [0.717, 1.165) is 15.6 Å². The smallest absolute Gasteiger partial charge is 0.0653 e. The van der Waals surface area contributed by atoms with E-state index in [-0.39, 0.29) is 0 Å². The lowest BCUT2D eigenvalue weighted by Crippen LogP contribution is -1.89. The van der Waals surface area contributed by atoms with Gasteiger partial charge in [-0.15, -0.1) is 0 Å². The average molecular weight is 283 g/mol. The van der Waals surface area contributed by atoms with Crippen molar-refractivity contribution in [1.29, 1.82) is 0 Å². The molecule has 0 spiro atoms. The number of nitrogens with two attached hydrogens (primary N) is 1. The zero-order valence-corrected chi connectivity index (χ0v) is 10.2. The predicted octanol–water partition coefficient (Wildman–Crippen LogP) is 4.35. The molecule has 0 aliphatic heterocycles. The van der Waals surface area contributed by atoms with Gasteiger partial charge in [0, 0.05) is 4.47 Å². The van der Waals surface area contributed by atoms with Gasteiger partial charge in [-0.25, -0.2) is 0 Å². The maximum atomic E-state index is 6.01. The molecule has 0 aliphatic rings. The van der Waals surface area contributed by atoms with E-state index in [0.29, 0.717) is 10.7 Å². The molecule has 3 heteroatoms. The van der Waals surface area contributed by atoms with Crippen LogP contribution in [0.5, 0.6) is 0 Å². The van der Waals surface area contributed by atoms with Crippen molar-refractivity contribution < 1.29 is 0 Å². The van der Waals surface area contributed by atoms with Gasteiger partial charge in [-0.1, -0.05) is 41.9 Å². The highest BCUT2D eigenvalue weighted by Crippen LogP contribution is 2.33. The lowest BCUT2D eigenvalue weighted by atomic mass is 10.1. The van der Waals surface area contributed by atoms with Gasteiger partial charge in [-0.3, -0.25) is 0 Å². The predicted molar refractivity (Wildman–Crippen MR) is 69.0 cm³/mol. The summed E-state index contributed by atoms with van der Waals surface area (Å²) in [6, 6.07) is 13.9. The quantitative estimate of drug-likeness (QED) is 0.773. The van der Waals surface area contributed by atoms with Gasteiger partial charge in [-0.05, 0) is 39.2 Å². The number of hydrogen-bond donors (Lipinski definition) is 1. The molecule has 0 saturated heterocycles. The molecule has 0 radical (unpaired) electrons. The summed E-state index contributed by atoms with van der Waals surface area (Å²) >= 11 is 9.40. The summed E-state index contributed by atoms with van der Waals surface area (Å²) in [5.41, 5.74) is 8.51. The van der Waals surface area contributed by atoms with Crippen LogP contribution in [0, 0.1) is 0 Å². The van der Waals surface area contributed by atoms with E-state index in [2.05, 4.69) is 15.9 Å². The lowest BCUT2D eigenvalue weighted by molar-refractivity contribution is 1.58. The number of nitrogen functional groups attached to an aromatic ring is 1. The third kappa shape index (κ3) is 2.16. The molecule has 2 aromatic carbocycles. The SMILES string of the molecule is Nc1c(Cl)cc(-c2ccccc2)cc1Br. The molecule has 15 heavy (non-hydrogen) atoms. The molecule has 0 atom stereocenters. The van der Waals surface area contributed by atoms with E-state index in [1.807, 2.05) is 42.5 Å². The third-order valence-corrected chi connectivity index (χ3v) is 3.15. The van der Waals surface area contributed by atoms with Crippen LogP contribution in [0.25, 0.3) is 11.1 Å². The fourth-order valence-electron chi connectivity index (χ4n) is 1.38. The number of halogens is 2. The second-order valence-electron chi connectivity index (χ2n) is 3.22. The molecule has 76 valence electrons. The number of benzene rings is 2. The first-order chi connectivity index (χ1) is 7.18. The first-order valence-corrected chi connectivity index (χ1v) is 5.65. The Morgan fingerprint density at radius 3 is 2.27 bits per heavy atom. The van der Waals surface area contributed by atoms with E-state index < -0.39 is 0 Å². The fourth-order valence-corrected chi connectivity index (χ4v) is 2.18. The van der Waals surface area contributed by atoms with Crippen molar-refractivity contribution >= 4 is 33.2 Å². The zero-order chi connectivity index (χ0) is 10.8. The standard InChI is InChI=1S/C12H9BrClN/c13-10-6-9(7-11(14)12(10)15)8-4-2-1-3-5-8/h1-7H,15H2. The summed E-state index contributed by atoms with van der Waals surface area (Å²) in [5, 5.41) is 0.572. The van der Waals surface area contributed by atoms with Gasteiger partial charge in [0.25, 0.3) is 0 Å². The second-order valence-corrected chi connectivity index (χ2v) is 4.48. The maximum absolute atomic E-state index is 6.01. The Bertz CT molecular complexity index is 459. The van der Waals surface area contributed by atoms with Gasteiger partial charge in [-0.2, -0.15) is 0 Å². The number of rotatable bonds is 1. The molecule has 0 heterocycles. The Morgan fingerprint density at radius 2 is 1.67 bits per heavy atom. The van der Waals surface area contributed by atoms with Crippen molar-refractivity contribution in [2.45, 2.75) is 0 Å². The van der Waals surface area contributed by atoms with Crippen molar-refractivity contribution in [2.24, 2.45) is 0 Å². The minimum atomic E-state index is 0.572. The van der Waals surface area contributed by atoms with Crippen molar-refractivity contribution in [2.75, 3.05) is 5.73 Å². The van der Waals surface area contributed by atoms with Crippen LogP contribution < -0.4 is 5.73 Å². The van der Waals surface area contributed by atoms with Gasteiger partial charge in [0.1, 0.15) is 0 Å². The molecule has 0 fully saturated rings. The van der Waals surface area contributed by atoms with Crippen LogP contribution in [-0.2, 0) is 0 Å². The molecular formula is C12H9BrClN. The summed E-state index contributed by atoms with van der Waals surface area (Å²) in [6.45, 7) is 0. The van der Waals surface area contributed by atoms with Crippen molar-refractivity contribution in [3.05, 3.63) is 52.0 Å². The fraction of sp³-hybridized carbons (Fsp3) is 0. The first-order valence-electron chi connectivity index (χ1n) is 4.48. The van der Waals surface area contributed by atoms with Crippen LogP contribution in [0.2, 0.25) is 5.02 Å². The number of hydrogen-bond acceptors (Lipinski definition) is 1. The largest absolute Gasteiger partial charge is 0.397 e. The molecular weight excluding hydrogens is 273 g/mol. The highest BCUT2D eigenvalue weighted by Gasteiger charge is 2.05. The summed E-state index contributed by atoms with van der Waals surface area (Å²) < 4.78 is 0.828. The minimum Gasteiger partial charge on any atom is -0.397 e. The van der Waals surface area contributed by atoms with E-state index in [9.17, 15) is 0 Å². The molecule has 0 aliphatic carbocycles. The highest BCUT2D eigenvalue weighted by molar-refractivity contribution is 9.10. The average Bonchev–Trinajstić information content (AvgIpc) is 2.26. The third-order valence-electron chi connectivity index (χ3n) is 2.19. The molecule has 0 unspecified atom stereocenters. The van der Waals surface area contributed by atoms with E-state index in [4.69, 9.17) is 17.3 Å². The van der Waals surface area contributed by atoms with Gasteiger partial charge >= 0.3 is 0 Å². The van der Waals surface area contributed by atoms with Crippen LogP contribution in [0.4, 0.5) is 5.69 Å². The van der Waals surface area contributed by atoms with Crippen LogP contribution in [0.15, 0.2) is 46.9 Å².